The number of aromatic nitrogens is 2. The Kier molecular flexibility index (Phi) is 6.87. The highest BCUT2D eigenvalue weighted by Gasteiger charge is 2.13. The van der Waals surface area contributed by atoms with Gasteiger partial charge in [0.2, 0.25) is 5.91 Å². The van der Waals surface area contributed by atoms with E-state index in [0.717, 1.165) is 18.2 Å². The van der Waals surface area contributed by atoms with Crippen molar-refractivity contribution in [2.45, 2.75) is 13.0 Å². The van der Waals surface area contributed by atoms with Crippen molar-refractivity contribution in [3.05, 3.63) is 48.0 Å². The highest BCUT2D eigenvalue weighted by atomic mass is 35.5. The van der Waals surface area contributed by atoms with Crippen LogP contribution in [0.4, 0.5) is 14.5 Å². The molecular weight excluding hydrogens is 373 g/mol. The van der Waals surface area contributed by atoms with Crippen LogP contribution in [0.3, 0.4) is 0 Å². The second kappa shape index (κ2) is 8.24. The van der Waals surface area contributed by atoms with Crippen LogP contribution in [-0.2, 0) is 4.79 Å². The number of H-pyrrole nitrogens is 1. The summed E-state index contributed by atoms with van der Waals surface area (Å²) in [5.41, 5.74) is 7.24. The Morgan fingerprint density at radius 3 is 2.60 bits per heavy atom. The summed E-state index contributed by atoms with van der Waals surface area (Å²) < 4.78 is 27.1. The van der Waals surface area contributed by atoms with Crippen LogP contribution < -0.4 is 11.1 Å². The number of fused-ring (bicyclic) bond motifs is 1. The molecule has 0 bridgehead atoms. The smallest absolute Gasteiger partial charge is 0.240 e. The van der Waals surface area contributed by atoms with E-state index in [0.29, 0.717) is 16.7 Å². The quantitative estimate of drug-likeness (QED) is 0.640. The number of halogens is 4. The van der Waals surface area contributed by atoms with Gasteiger partial charge in [-0.2, -0.15) is 0 Å². The number of amides is 1. The van der Waals surface area contributed by atoms with Crippen LogP contribution in [0, 0.1) is 11.6 Å². The van der Waals surface area contributed by atoms with E-state index in [4.69, 9.17) is 5.73 Å². The molecule has 0 aliphatic heterocycles. The summed E-state index contributed by atoms with van der Waals surface area (Å²) in [7, 11) is 0. The van der Waals surface area contributed by atoms with Gasteiger partial charge in [-0.15, -0.1) is 24.8 Å². The lowest BCUT2D eigenvalue weighted by Crippen LogP contribution is -2.32. The number of carbonyl (C=O) groups excluding carboxylic acids is 1. The minimum atomic E-state index is -0.635. The number of anilines is 1. The lowest BCUT2D eigenvalue weighted by Gasteiger charge is -2.07. The van der Waals surface area contributed by atoms with Gasteiger partial charge in [-0.1, -0.05) is 0 Å². The molecule has 25 heavy (non-hydrogen) atoms. The minimum absolute atomic E-state index is 0. The average molecular weight is 389 g/mol. The summed E-state index contributed by atoms with van der Waals surface area (Å²) in [6.07, 6.45) is 0. The van der Waals surface area contributed by atoms with Gasteiger partial charge in [0.15, 0.2) is 0 Å². The van der Waals surface area contributed by atoms with E-state index >= 15 is 0 Å². The number of nitrogens with two attached hydrogens (primary N) is 1. The Hall–Kier alpha value is -2.22. The van der Waals surface area contributed by atoms with Gasteiger partial charge in [-0.3, -0.25) is 4.79 Å². The number of nitrogens with one attached hydrogen (secondary N) is 2. The van der Waals surface area contributed by atoms with E-state index in [1.165, 1.54) is 0 Å². The van der Waals surface area contributed by atoms with E-state index in [1.807, 2.05) is 0 Å². The largest absolute Gasteiger partial charge is 0.338 e. The molecule has 0 spiro atoms. The van der Waals surface area contributed by atoms with Crippen LogP contribution in [0.1, 0.15) is 6.92 Å². The molecule has 1 heterocycles. The second-order valence-electron chi connectivity index (χ2n) is 5.22. The molecule has 0 saturated heterocycles. The first-order valence-electron chi connectivity index (χ1n) is 6.95. The minimum Gasteiger partial charge on any atom is -0.338 e. The second-order valence-corrected chi connectivity index (χ2v) is 5.22. The number of hydrogen-bond acceptors (Lipinski definition) is 3. The summed E-state index contributed by atoms with van der Waals surface area (Å²) in [5.74, 6) is -1.23. The zero-order valence-electron chi connectivity index (χ0n) is 13.0. The molecule has 1 unspecified atom stereocenters. The Balaban J connectivity index is 0.00000156. The molecule has 3 aromatic rings. The van der Waals surface area contributed by atoms with Crippen LogP contribution in [-0.4, -0.2) is 21.9 Å². The Morgan fingerprint density at radius 2 is 1.92 bits per heavy atom. The number of rotatable bonds is 3. The summed E-state index contributed by atoms with van der Waals surface area (Å²) in [6.45, 7) is 1.58. The highest BCUT2D eigenvalue weighted by molar-refractivity contribution is 5.96. The molecule has 0 radical (unpaired) electrons. The summed E-state index contributed by atoms with van der Waals surface area (Å²) >= 11 is 0. The van der Waals surface area contributed by atoms with Crippen LogP contribution in [0.25, 0.3) is 22.4 Å². The first kappa shape index (κ1) is 20.8. The van der Waals surface area contributed by atoms with Crippen molar-refractivity contribution in [2.24, 2.45) is 5.73 Å². The van der Waals surface area contributed by atoms with Gasteiger partial charge >= 0.3 is 0 Å². The Bertz CT molecular complexity index is 899. The standard InChI is InChI=1S/C16H14F2N4O.2ClH/c1-8(19)16(23)20-10-3-5-13-14(7-10)22-15(21-13)11-6-9(17)2-4-12(11)18;;/h2-8H,19H2,1H3,(H,20,23)(H,21,22);2*1H. The maximum absolute atomic E-state index is 13.8. The molecule has 0 fully saturated rings. The monoisotopic (exact) mass is 388 g/mol. The molecule has 0 aliphatic rings. The molecule has 0 aliphatic carbocycles. The highest BCUT2D eigenvalue weighted by Crippen LogP contribution is 2.25. The molecule has 3 rings (SSSR count). The third-order valence-corrected chi connectivity index (χ3v) is 3.35. The number of nitrogens with zero attached hydrogens (tertiary/aromatic N) is 1. The van der Waals surface area contributed by atoms with Gasteiger partial charge in [0, 0.05) is 5.69 Å². The first-order chi connectivity index (χ1) is 10.9. The molecular formula is C16H16Cl2F2N4O. The van der Waals surface area contributed by atoms with Crippen molar-refractivity contribution in [1.82, 2.24) is 9.97 Å². The molecule has 134 valence electrons. The predicted octanol–water partition coefficient (Wildman–Crippen LogP) is 3.64. The number of carbonyl (C=O) groups is 1. The lowest BCUT2D eigenvalue weighted by molar-refractivity contribution is -0.117. The first-order valence-corrected chi connectivity index (χ1v) is 6.95. The Morgan fingerprint density at radius 1 is 1.20 bits per heavy atom. The van der Waals surface area contributed by atoms with E-state index in [-0.39, 0.29) is 42.1 Å². The average Bonchev–Trinajstić information content (AvgIpc) is 2.92. The zero-order valence-corrected chi connectivity index (χ0v) is 14.7. The molecule has 2 aromatic carbocycles. The van der Waals surface area contributed by atoms with E-state index in [2.05, 4.69) is 15.3 Å². The summed E-state index contributed by atoms with van der Waals surface area (Å²) in [6, 6.07) is 7.52. The van der Waals surface area contributed by atoms with Crippen molar-refractivity contribution < 1.29 is 13.6 Å². The third kappa shape index (κ3) is 4.45. The van der Waals surface area contributed by atoms with Crippen LogP contribution in [0.5, 0.6) is 0 Å². The van der Waals surface area contributed by atoms with Crippen LogP contribution in [0.2, 0.25) is 0 Å². The third-order valence-electron chi connectivity index (χ3n) is 3.35. The van der Waals surface area contributed by atoms with Gasteiger partial charge in [0.25, 0.3) is 0 Å². The maximum atomic E-state index is 13.8. The maximum Gasteiger partial charge on any atom is 0.240 e. The molecule has 1 atom stereocenters. The molecule has 9 heteroatoms. The fourth-order valence-electron chi connectivity index (χ4n) is 2.15. The van der Waals surface area contributed by atoms with Crippen molar-refractivity contribution >= 4 is 47.4 Å². The van der Waals surface area contributed by atoms with Gasteiger partial charge in [-0.25, -0.2) is 13.8 Å². The van der Waals surface area contributed by atoms with E-state index in [1.54, 1.807) is 25.1 Å². The van der Waals surface area contributed by atoms with E-state index < -0.39 is 17.7 Å². The lowest BCUT2D eigenvalue weighted by atomic mass is 10.2. The number of hydrogen-bond donors (Lipinski definition) is 3. The van der Waals surface area contributed by atoms with Crippen molar-refractivity contribution in [3.8, 4) is 11.4 Å². The zero-order chi connectivity index (χ0) is 16.6. The van der Waals surface area contributed by atoms with Crippen molar-refractivity contribution in [2.75, 3.05) is 5.32 Å². The van der Waals surface area contributed by atoms with Crippen molar-refractivity contribution in [3.63, 3.8) is 0 Å². The molecule has 4 N–H and O–H groups in total. The Labute approximate surface area is 154 Å². The fourth-order valence-corrected chi connectivity index (χ4v) is 2.15. The van der Waals surface area contributed by atoms with Gasteiger partial charge < -0.3 is 16.0 Å². The normalized spacial score (nSPS) is 11.4. The number of aromatic amines is 1. The summed E-state index contributed by atoms with van der Waals surface area (Å²) in [5, 5.41) is 2.66. The number of benzene rings is 2. The fraction of sp³-hybridized carbons (Fsp3) is 0.125. The molecule has 0 saturated carbocycles. The SMILES string of the molecule is CC(N)C(=O)Nc1ccc2nc(-c3cc(F)ccc3F)[nH]c2c1.Cl.Cl. The van der Waals surface area contributed by atoms with Crippen molar-refractivity contribution in [1.29, 1.82) is 0 Å². The molecule has 1 amide bonds. The summed E-state index contributed by atoms with van der Waals surface area (Å²) in [4.78, 5) is 18.8. The van der Waals surface area contributed by atoms with E-state index in [9.17, 15) is 13.6 Å². The molecule has 5 nitrogen and oxygen atoms in total. The number of imidazole rings is 1. The van der Waals surface area contributed by atoms with Crippen LogP contribution >= 0.6 is 24.8 Å². The van der Waals surface area contributed by atoms with Crippen LogP contribution in [0.15, 0.2) is 36.4 Å². The van der Waals surface area contributed by atoms with Gasteiger partial charge in [-0.05, 0) is 43.3 Å². The van der Waals surface area contributed by atoms with Gasteiger partial charge in [0.05, 0.1) is 22.6 Å². The van der Waals surface area contributed by atoms with Gasteiger partial charge in [0.1, 0.15) is 17.5 Å². The predicted molar refractivity (Wildman–Crippen MR) is 98.2 cm³/mol. The molecule has 1 aromatic heterocycles. The topological polar surface area (TPSA) is 83.8 Å².